The highest BCUT2D eigenvalue weighted by atomic mass is 19.1. The zero-order valence-corrected chi connectivity index (χ0v) is 15.7. The van der Waals surface area contributed by atoms with Gasteiger partial charge in [0, 0.05) is 58.1 Å². The molecule has 0 atom stereocenters. The number of hydrogen-bond acceptors (Lipinski definition) is 5. The first-order chi connectivity index (χ1) is 13.2. The zero-order valence-electron chi connectivity index (χ0n) is 15.7. The molecule has 0 saturated carbocycles. The highest BCUT2D eigenvalue weighted by Crippen LogP contribution is 2.12. The van der Waals surface area contributed by atoms with Gasteiger partial charge in [0.15, 0.2) is 0 Å². The molecule has 1 aliphatic rings. The SMILES string of the molecule is CCN(CCC(=O)N1CCN(c2ncccn2)CC1)Cc1cccc(F)c1. The molecule has 1 amide bonds. The van der Waals surface area contributed by atoms with Crippen molar-refractivity contribution in [1.82, 2.24) is 19.8 Å². The van der Waals surface area contributed by atoms with Crippen LogP contribution in [0.2, 0.25) is 0 Å². The van der Waals surface area contributed by atoms with Crippen LogP contribution in [-0.4, -0.2) is 64.9 Å². The fraction of sp³-hybridized carbons (Fsp3) is 0.450. The van der Waals surface area contributed by atoms with Crippen molar-refractivity contribution in [3.8, 4) is 0 Å². The normalized spacial score (nSPS) is 14.6. The van der Waals surface area contributed by atoms with Gasteiger partial charge in [-0.15, -0.1) is 0 Å². The molecule has 0 radical (unpaired) electrons. The molecule has 3 rings (SSSR count). The monoisotopic (exact) mass is 371 g/mol. The van der Waals surface area contributed by atoms with E-state index in [-0.39, 0.29) is 11.7 Å². The number of carbonyl (C=O) groups excluding carboxylic acids is 1. The molecule has 7 heteroatoms. The van der Waals surface area contributed by atoms with Crippen LogP contribution in [0, 0.1) is 5.82 Å². The third-order valence-corrected chi connectivity index (χ3v) is 4.85. The number of piperazine rings is 1. The van der Waals surface area contributed by atoms with E-state index in [0.29, 0.717) is 32.6 Å². The number of rotatable bonds is 7. The molecule has 2 aromatic rings. The van der Waals surface area contributed by atoms with Gasteiger partial charge in [0.2, 0.25) is 11.9 Å². The van der Waals surface area contributed by atoms with Crippen molar-refractivity contribution in [3.05, 3.63) is 54.1 Å². The first-order valence-corrected chi connectivity index (χ1v) is 9.42. The average Bonchev–Trinajstić information content (AvgIpc) is 2.71. The van der Waals surface area contributed by atoms with E-state index in [4.69, 9.17) is 0 Å². The van der Waals surface area contributed by atoms with Gasteiger partial charge in [-0.3, -0.25) is 9.69 Å². The summed E-state index contributed by atoms with van der Waals surface area (Å²) >= 11 is 0. The standard InChI is InChI=1S/C20H26FN5O/c1-2-24(16-17-5-3-6-18(21)15-17)10-7-19(27)25-11-13-26(14-12-25)20-22-8-4-9-23-20/h3-6,8-9,15H,2,7,10-14,16H2,1H3. The molecule has 27 heavy (non-hydrogen) atoms. The van der Waals surface area contributed by atoms with Crippen molar-refractivity contribution in [3.63, 3.8) is 0 Å². The van der Waals surface area contributed by atoms with E-state index in [0.717, 1.165) is 31.1 Å². The predicted molar refractivity (Wildman–Crippen MR) is 103 cm³/mol. The summed E-state index contributed by atoms with van der Waals surface area (Å²) < 4.78 is 13.3. The number of aromatic nitrogens is 2. The lowest BCUT2D eigenvalue weighted by Crippen LogP contribution is -2.49. The number of halogens is 1. The Hall–Kier alpha value is -2.54. The van der Waals surface area contributed by atoms with Gasteiger partial charge in [0.25, 0.3) is 0 Å². The summed E-state index contributed by atoms with van der Waals surface area (Å²) in [6.07, 6.45) is 3.95. The fourth-order valence-electron chi connectivity index (χ4n) is 3.26. The van der Waals surface area contributed by atoms with Crippen LogP contribution >= 0.6 is 0 Å². The van der Waals surface area contributed by atoms with E-state index < -0.39 is 0 Å². The quantitative estimate of drug-likeness (QED) is 0.747. The maximum atomic E-state index is 13.3. The van der Waals surface area contributed by atoms with Gasteiger partial charge in [0.1, 0.15) is 5.82 Å². The summed E-state index contributed by atoms with van der Waals surface area (Å²) in [5.74, 6) is 0.665. The minimum absolute atomic E-state index is 0.168. The minimum atomic E-state index is -0.222. The number of carbonyl (C=O) groups is 1. The second-order valence-electron chi connectivity index (χ2n) is 6.67. The van der Waals surface area contributed by atoms with E-state index in [1.165, 1.54) is 6.07 Å². The molecule has 0 N–H and O–H groups in total. The first-order valence-electron chi connectivity index (χ1n) is 9.42. The Labute approximate surface area is 159 Å². The molecule has 1 aromatic heterocycles. The summed E-state index contributed by atoms with van der Waals surface area (Å²) in [5.41, 5.74) is 0.931. The van der Waals surface area contributed by atoms with Gasteiger partial charge in [-0.25, -0.2) is 14.4 Å². The maximum Gasteiger partial charge on any atom is 0.225 e. The summed E-state index contributed by atoms with van der Waals surface area (Å²) in [7, 11) is 0. The second-order valence-corrected chi connectivity index (χ2v) is 6.67. The van der Waals surface area contributed by atoms with Crippen molar-refractivity contribution in [2.24, 2.45) is 0 Å². The van der Waals surface area contributed by atoms with E-state index in [1.54, 1.807) is 30.6 Å². The molecule has 0 aliphatic carbocycles. The first kappa shape index (κ1) is 19.2. The molecule has 6 nitrogen and oxygen atoms in total. The molecule has 1 aromatic carbocycles. The molecule has 1 aliphatic heterocycles. The van der Waals surface area contributed by atoms with Gasteiger partial charge in [-0.05, 0) is 30.3 Å². The van der Waals surface area contributed by atoms with Gasteiger partial charge in [0.05, 0.1) is 0 Å². The van der Waals surface area contributed by atoms with Gasteiger partial charge in [-0.2, -0.15) is 0 Å². The molecule has 0 bridgehead atoms. The minimum Gasteiger partial charge on any atom is -0.339 e. The Morgan fingerprint density at radius 1 is 1.15 bits per heavy atom. The largest absolute Gasteiger partial charge is 0.339 e. The average molecular weight is 371 g/mol. The van der Waals surface area contributed by atoms with Crippen molar-refractivity contribution < 1.29 is 9.18 Å². The number of hydrogen-bond donors (Lipinski definition) is 0. The van der Waals surface area contributed by atoms with E-state index >= 15 is 0 Å². The Bertz CT molecular complexity index is 734. The van der Waals surface area contributed by atoms with Crippen molar-refractivity contribution in [1.29, 1.82) is 0 Å². The van der Waals surface area contributed by atoms with Crippen molar-refractivity contribution in [2.45, 2.75) is 19.9 Å². The Kier molecular flexibility index (Phi) is 6.70. The number of anilines is 1. The Morgan fingerprint density at radius 3 is 2.56 bits per heavy atom. The lowest BCUT2D eigenvalue weighted by Gasteiger charge is -2.35. The summed E-state index contributed by atoms with van der Waals surface area (Å²) in [4.78, 5) is 27.3. The lowest BCUT2D eigenvalue weighted by molar-refractivity contribution is -0.131. The van der Waals surface area contributed by atoms with Crippen molar-refractivity contribution in [2.75, 3.05) is 44.2 Å². The molecule has 1 saturated heterocycles. The predicted octanol–water partition coefficient (Wildman–Crippen LogP) is 2.18. The molecule has 0 unspecified atom stereocenters. The zero-order chi connectivity index (χ0) is 19.1. The smallest absolute Gasteiger partial charge is 0.225 e. The topological polar surface area (TPSA) is 52.6 Å². The molecule has 0 spiro atoms. The molecule has 1 fully saturated rings. The third kappa shape index (κ3) is 5.47. The van der Waals surface area contributed by atoms with Crippen LogP contribution in [0.25, 0.3) is 0 Å². The van der Waals surface area contributed by atoms with E-state index in [2.05, 4.69) is 26.7 Å². The number of amides is 1. The van der Waals surface area contributed by atoms with Crippen LogP contribution in [0.5, 0.6) is 0 Å². The Morgan fingerprint density at radius 2 is 1.89 bits per heavy atom. The number of benzene rings is 1. The highest BCUT2D eigenvalue weighted by molar-refractivity contribution is 5.76. The third-order valence-electron chi connectivity index (χ3n) is 4.85. The van der Waals surface area contributed by atoms with Crippen LogP contribution in [0.3, 0.4) is 0 Å². The van der Waals surface area contributed by atoms with Crippen molar-refractivity contribution >= 4 is 11.9 Å². The lowest BCUT2D eigenvalue weighted by atomic mass is 10.2. The molecular formula is C20H26FN5O. The molecule has 144 valence electrons. The summed E-state index contributed by atoms with van der Waals surface area (Å²) in [6.45, 7) is 7.08. The maximum absolute atomic E-state index is 13.3. The van der Waals surface area contributed by atoms with E-state index in [1.807, 2.05) is 11.0 Å². The highest BCUT2D eigenvalue weighted by Gasteiger charge is 2.22. The second kappa shape index (κ2) is 9.41. The van der Waals surface area contributed by atoms with Crippen LogP contribution < -0.4 is 4.90 Å². The molecule has 2 heterocycles. The van der Waals surface area contributed by atoms with Crippen LogP contribution in [0.1, 0.15) is 18.9 Å². The summed E-state index contributed by atoms with van der Waals surface area (Å²) in [5, 5.41) is 0. The van der Waals surface area contributed by atoms with Crippen LogP contribution in [0.15, 0.2) is 42.7 Å². The fourth-order valence-corrected chi connectivity index (χ4v) is 3.26. The van der Waals surface area contributed by atoms with Gasteiger partial charge < -0.3 is 9.80 Å². The molecular weight excluding hydrogens is 345 g/mol. The van der Waals surface area contributed by atoms with E-state index in [9.17, 15) is 9.18 Å². The van der Waals surface area contributed by atoms with Gasteiger partial charge in [-0.1, -0.05) is 19.1 Å². The number of nitrogens with zero attached hydrogens (tertiary/aromatic N) is 5. The van der Waals surface area contributed by atoms with Crippen LogP contribution in [0.4, 0.5) is 10.3 Å². The van der Waals surface area contributed by atoms with Gasteiger partial charge >= 0.3 is 0 Å². The summed E-state index contributed by atoms with van der Waals surface area (Å²) in [6, 6.07) is 8.43. The Balaban J connectivity index is 1.45. The van der Waals surface area contributed by atoms with Crippen LogP contribution in [-0.2, 0) is 11.3 Å².